The number of aromatic nitrogens is 4. The highest BCUT2D eigenvalue weighted by molar-refractivity contribution is 9.10. The zero-order valence-electron chi connectivity index (χ0n) is 13.4. The van der Waals surface area contributed by atoms with Gasteiger partial charge in [0, 0.05) is 19.2 Å². The van der Waals surface area contributed by atoms with Crippen LogP contribution >= 0.6 is 15.9 Å². The molecule has 122 valence electrons. The minimum absolute atomic E-state index is 0.110. The van der Waals surface area contributed by atoms with Gasteiger partial charge in [0.1, 0.15) is 13.1 Å². The number of rotatable bonds is 5. The molecule has 0 bridgehead atoms. The van der Waals surface area contributed by atoms with Crippen molar-refractivity contribution in [3.63, 3.8) is 0 Å². The lowest BCUT2D eigenvalue weighted by Crippen LogP contribution is -2.26. The average molecular weight is 395 g/mol. The lowest BCUT2D eigenvalue weighted by molar-refractivity contribution is 0.0871. The highest BCUT2D eigenvalue weighted by atomic mass is 79.9. The molecule has 0 spiro atoms. The molecule has 1 aromatic carbocycles. The molecule has 0 aliphatic rings. The van der Waals surface area contributed by atoms with Crippen LogP contribution in [0.15, 0.2) is 33.8 Å². The van der Waals surface area contributed by atoms with Crippen LogP contribution in [0.1, 0.15) is 0 Å². The molecule has 0 aliphatic heterocycles. The Balaban J connectivity index is 1.99. The first-order valence-electron chi connectivity index (χ1n) is 7.46. The summed E-state index contributed by atoms with van der Waals surface area (Å²) >= 11 is 3.44. The summed E-state index contributed by atoms with van der Waals surface area (Å²) in [6.45, 7) is 7.74. The maximum absolute atomic E-state index is 12.7. The van der Waals surface area contributed by atoms with Crippen LogP contribution < -0.4 is 5.56 Å². The van der Waals surface area contributed by atoms with E-state index in [0.29, 0.717) is 17.8 Å². The minimum atomic E-state index is -1.15. The van der Waals surface area contributed by atoms with E-state index in [2.05, 4.69) is 45.8 Å². The molecule has 0 radical (unpaired) electrons. The van der Waals surface area contributed by atoms with Gasteiger partial charge >= 0.3 is 0 Å². The second-order valence-corrected chi connectivity index (χ2v) is 13.3. The summed E-state index contributed by atoms with van der Waals surface area (Å²) in [4.78, 5) is 12.7. The Bertz CT molecular complexity index is 913. The van der Waals surface area contributed by atoms with E-state index in [0.717, 1.165) is 16.0 Å². The highest BCUT2D eigenvalue weighted by Gasteiger charge is 2.15. The summed E-state index contributed by atoms with van der Waals surface area (Å²) in [6.07, 6.45) is 1.61. The Kier molecular flexibility index (Phi) is 4.39. The van der Waals surface area contributed by atoms with Crippen molar-refractivity contribution in [2.24, 2.45) is 0 Å². The van der Waals surface area contributed by atoms with Crippen molar-refractivity contribution >= 4 is 40.7 Å². The number of nitrogens with zero attached hydrogens (tertiary/aromatic N) is 4. The molecule has 6 nitrogen and oxygen atoms in total. The molecular weight excluding hydrogens is 376 g/mol. The monoisotopic (exact) mass is 394 g/mol. The van der Waals surface area contributed by atoms with E-state index >= 15 is 0 Å². The van der Waals surface area contributed by atoms with Crippen molar-refractivity contribution in [3.8, 4) is 0 Å². The van der Waals surface area contributed by atoms with E-state index in [1.165, 1.54) is 4.57 Å². The standard InChI is InChI=1S/C15H19BrN4O2Si/c1-23(2,3)7-6-22-10-20-14(21)12-5-4-11(16)8-13(12)19-9-17-18-15(19)20/h4-5,8-9H,6-7,10H2,1-3H3. The molecule has 0 atom stereocenters. The third-order valence-electron chi connectivity index (χ3n) is 3.68. The normalized spacial score (nSPS) is 12.3. The molecule has 3 aromatic rings. The van der Waals surface area contributed by atoms with Gasteiger partial charge in [-0.1, -0.05) is 35.6 Å². The van der Waals surface area contributed by atoms with Gasteiger partial charge in [0.05, 0.1) is 10.9 Å². The number of ether oxygens (including phenoxy) is 1. The van der Waals surface area contributed by atoms with Crippen molar-refractivity contribution in [3.05, 3.63) is 39.4 Å². The second kappa shape index (κ2) is 6.18. The number of hydrogen-bond donors (Lipinski definition) is 0. The molecule has 0 unspecified atom stereocenters. The van der Waals surface area contributed by atoms with E-state index in [-0.39, 0.29) is 12.3 Å². The molecule has 3 rings (SSSR count). The zero-order valence-corrected chi connectivity index (χ0v) is 16.0. The molecule has 8 heteroatoms. The van der Waals surface area contributed by atoms with E-state index in [9.17, 15) is 4.79 Å². The highest BCUT2D eigenvalue weighted by Crippen LogP contribution is 2.18. The van der Waals surface area contributed by atoms with Gasteiger partial charge in [-0.2, -0.15) is 0 Å². The van der Waals surface area contributed by atoms with Crippen molar-refractivity contribution in [2.75, 3.05) is 6.61 Å². The van der Waals surface area contributed by atoms with Gasteiger partial charge in [-0.3, -0.25) is 13.8 Å². The van der Waals surface area contributed by atoms with Crippen LogP contribution in [0.4, 0.5) is 0 Å². The third-order valence-corrected chi connectivity index (χ3v) is 5.88. The van der Waals surface area contributed by atoms with E-state index in [4.69, 9.17) is 4.74 Å². The molecule has 0 fully saturated rings. The number of halogens is 1. The summed E-state index contributed by atoms with van der Waals surface area (Å²) in [6, 6.07) is 6.62. The first-order valence-corrected chi connectivity index (χ1v) is 12.0. The van der Waals surface area contributed by atoms with E-state index in [1.807, 2.05) is 16.5 Å². The molecule has 0 saturated carbocycles. The molecule has 23 heavy (non-hydrogen) atoms. The SMILES string of the molecule is C[Si](C)(C)CCOCn1c(=O)c2ccc(Br)cc2n2cnnc12. The summed E-state index contributed by atoms with van der Waals surface area (Å²) in [5, 5.41) is 8.64. The van der Waals surface area contributed by atoms with Gasteiger partial charge in [0.15, 0.2) is 0 Å². The fraction of sp³-hybridized carbons (Fsp3) is 0.400. The van der Waals surface area contributed by atoms with Crippen molar-refractivity contribution < 1.29 is 4.74 Å². The Hall–Kier alpha value is -1.51. The van der Waals surface area contributed by atoms with Crippen molar-refractivity contribution in [2.45, 2.75) is 32.4 Å². The number of benzene rings is 1. The lowest BCUT2D eigenvalue weighted by Gasteiger charge is -2.16. The van der Waals surface area contributed by atoms with Gasteiger partial charge < -0.3 is 4.74 Å². The second-order valence-electron chi connectivity index (χ2n) is 6.74. The third kappa shape index (κ3) is 3.38. The van der Waals surface area contributed by atoms with Gasteiger partial charge in [-0.15, -0.1) is 10.2 Å². The summed E-state index contributed by atoms with van der Waals surface area (Å²) in [5.74, 6) is 0.494. The van der Waals surface area contributed by atoms with Crippen LogP contribution in [0, 0.1) is 0 Å². The molecule has 2 aromatic heterocycles. The maximum Gasteiger partial charge on any atom is 0.264 e. The van der Waals surface area contributed by atoms with Crippen LogP contribution in [0.2, 0.25) is 25.7 Å². The van der Waals surface area contributed by atoms with Gasteiger partial charge in [0.2, 0.25) is 5.78 Å². The molecule has 0 amide bonds. The lowest BCUT2D eigenvalue weighted by atomic mass is 10.2. The predicted octanol–water partition coefficient (Wildman–Crippen LogP) is 3.12. The van der Waals surface area contributed by atoms with E-state index in [1.54, 1.807) is 12.4 Å². The summed E-state index contributed by atoms with van der Waals surface area (Å²) in [5.41, 5.74) is 0.670. The Labute approximate surface area is 143 Å². The fourth-order valence-corrected chi connectivity index (χ4v) is 3.46. The van der Waals surface area contributed by atoms with Gasteiger partial charge in [0.25, 0.3) is 5.56 Å². The number of hydrogen-bond acceptors (Lipinski definition) is 4. The van der Waals surface area contributed by atoms with Gasteiger partial charge in [-0.25, -0.2) is 0 Å². The van der Waals surface area contributed by atoms with Crippen molar-refractivity contribution in [1.29, 1.82) is 0 Å². The first-order chi connectivity index (χ1) is 10.9. The smallest absolute Gasteiger partial charge is 0.264 e. The largest absolute Gasteiger partial charge is 0.361 e. The molecule has 0 saturated heterocycles. The molecular formula is C15H19BrN4O2Si. The number of fused-ring (bicyclic) bond motifs is 3. The zero-order chi connectivity index (χ0) is 16.6. The van der Waals surface area contributed by atoms with Crippen LogP contribution in [-0.4, -0.2) is 33.8 Å². The molecule has 0 aliphatic carbocycles. The predicted molar refractivity (Wildman–Crippen MR) is 96.6 cm³/mol. The van der Waals surface area contributed by atoms with E-state index < -0.39 is 8.07 Å². The topological polar surface area (TPSA) is 61.4 Å². The van der Waals surface area contributed by atoms with Crippen LogP contribution in [0.25, 0.3) is 16.7 Å². The Morgan fingerprint density at radius 3 is 2.83 bits per heavy atom. The van der Waals surface area contributed by atoms with Gasteiger partial charge in [-0.05, 0) is 24.2 Å². The fourth-order valence-electron chi connectivity index (χ4n) is 2.35. The van der Waals surface area contributed by atoms with Crippen LogP contribution in [-0.2, 0) is 11.5 Å². The maximum atomic E-state index is 12.7. The quantitative estimate of drug-likeness (QED) is 0.492. The average Bonchev–Trinajstić information content (AvgIpc) is 2.94. The summed E-state index contributed by atoms with van der Waals surface area (Å²) < 4.78 is 9.98. The first kappa shape index (κ1) is 16.3. The van der Waals surface area contributed by atoms with Crippen molar-refractivity contribution in [1.82, 2.24) is 19.2 Å². The molecule has 0 N–H and O–H groups in total. The Morgan fingerprint density at radius 2 is 2.09 bits per heavy atom. The Morgan fingerprint density at radius 1 is 1.30 bits per heavy atom. The molecule has 2 heterocycles. The van der Waals surface area contributed by atoms with Crippen LogP contribution in [0.3, 0.4) is 0 Å². The summed E-state index contributed by atoms with van der Waals surface area (Å²) in [7, 11) is -1.15. The minimum Gasteiger partial charge on any atom is -0.361 e. The van der Waals surface area contributed by atoms with Crippen LogP contribution in [0.5, 0.6) is 0 Å².